The molecule has 0 spiro atoms. The number of benzene rings is 9. The fourth-order valence-corrected chi connectivity index (χ4v) is 8.22. The van der Waals surface area contributed by atoms with E-state index in [1.807, 2.05) is 0 Å². The SMILES string of the molecule is C(/C=C/c1ccc(/C=C/C=C(c2ccc(NCc3ccccc3)cc2)c2ccc(NCc3ccccc3)cc2)cc1)=C(c1ccc(NCc2ccccc2)cc1)c1ccc(NCc2ccccc2)cc1. The Morgan fingerprint density at radius 3 is 0.714 bits per heavy atom. The van der Waals surface area contributed by atoms with Gasteiger partial charge >= 0.3 is 0 Å². The van der Waals surface area contributed by atoms with Crippen molar-refractivity contribution in [1.29, 1.82) is 0 Å². The lowest BCUT2D eigenvalue weighted by Crippen LogP contribution is -2.00. The smallest absolute Gasteiger partial charge is 0.0400 e. The van der Waals surface area contributed by atoms with Crippen LogP contribution >= 0.6 is 0 Å². The molecule has 4 nitrogen and oxygen atoms in total. The predicted molar refractivity (Wildman–Crippen MR) is 300 cm³/mol. The zero-order valence-electron chi connectivity index (χ0n) is 39.4. The minimum atomic E-state index is 0.779. The van der Waals surface area contributed by atoms with Crippen LogP contribution in [0.15, 0.2) is 267 Å². The standard InChI is InChI=1S/C66H58N4/c1-5-15-53(16-6-1)47-67-61-39-31-57(32-40-61)65(58-33-41-62(42-34-58)68-48-54-17-7-2-8-18-54)25-13-23-51-27-29-52(30-28-51)24-14-26-66(59-35-43-63(44-36-59)69-49-55-19-9-3-10-20-55)60-37-45-64(46-38-60)70-50-56-21-11-4-12-22-56/h1-46,67-70H,47-50H2/b23-13+,24-14+. The molecule has 9 rings (SSSR count). The van der Waals surface area contributed by atoms with Crippen LogP contribution in [0.25, 0.3) is 23.3 Å². The van der Waals surface area contributed by atoms with Gasteiger partial charge in [0.15, 0.2) is 0 Å². The topological polar surface area (TPSA) is 48.1 Å². The van der Waals surface area contributed by atoms with Crippen molar-refractivity contribution in [2.75, 3.05) is 21.3 Å². The van der Waals surface area contributed by atoms with E-state index in [1.54, 1.807) is 0 Å². The fourth-order valence-electron chi connectivity index (χ4n) is 8.22. The highest BCUT2D eigenvalue weighted by Gasteiger charge is 2.08. The van der Waals surface area contributed by atoms with Crippen LogP contribution < -0.4 is 21.3 Å². The molecular weight excluding hydrogens is 849 g/mol. The van der Waals surface area contributed by atoms with E-state index in [-0.39, 0.29) is 0 Å². The van der Waals surface area contributed by atoms with Gasteiger partial charge in [0.05, 0.1) is 0 Å². The maximum Gasteiger partial charge on any atom is 0.0400 e. The van der Waals surface area contributed by atoms with Crippen LogP contribution in [0.2, 0.25) is 0 Å². The summed E-state index contributed by atoms with van der Waals surface area (Å²) < 4.78 is 0. The zero-order chi connectivity index (χ0) is 47.4. The number of allylic oxidation sites excluding steroid dienone is 4. The van der Waals surface area contributed by atoms with Gasteiger partial charge in [0.2, 0.25) is 0 Å². The van der Waals surface area contributed by atoms with Crippen LogP contribution in [0.4, 0.5) is 22.7 Å². The quantitative estimate of drug-likeness (QED) is 0.0576. The average molecular weight is 907 g/mol. The van der Waals surface area contributed by atoms with Crippen molar-refractivity contribution in [2.24, 2.45) is 0 Å². The van der Waals surface area contributed by atoms with Crippen molar-refractivity contribution in [2.45, 2.75) is 26.2 Å². The van der Waals surface area contributed by atoms with Gasteiger partial charge in [0.25, 0.3) is 0 Å². The fraction of sp³-hybridized carbons (Fsp3) is 0.0606. The third kappa shape index (κ3) is 13.6. The van der Waals surface area contributed by atoms with Gasteiger partial charge in [-0.25, -0.2) is 0 Å². The van der Waals surface area contributed by atoms with Gasteiger partial charge < -0.3 is 21.3 Å². The highest BCUT2D eigenvalue weighted by molar-refractivity contribution is 5.84. The molecule has 0 saturated carbocycles. The Hall–Kier alpha value is -8.86. The van der Waals surface area contributed by atoms with E-state index in [9.17, 15) is 0 Å². The monoisotopic (exact) mass is 906 g/mol. The van der Waals surface area contributed by atoms with E-state index >= 15 is 0 Å². The molecule has 0 amide bonds. The van der Waals surface area contributed by atoms with Crippen molar-refractivity contribution in [3.05, 3.63) is 323 Å². The van der Waals surface area contributed by atoms with E-state index < -0.39 is 0 Å². The minimum Gasteiger partial charge on any atom is -0.381 e. The lowest BCUT2D eigenvalue weighted by atomic mass is 9.96. The molecule has 0 unspecified atom stereocenters. The molecule has 0 heterocycles. The van der Waals surface area contributed by atoms with E-state index in [0.717, 1.165) is 93.5 Å². The Labute approximate surface area is 414 Å². The second-order valence-corrected chi connectivity index (χ2v) is 17.2. The summed E-state index contributed by atoms with van der Waals surface area (Å²) in [4.78, 5) is 0. The number of nitrogens with one attached hydrogen (secondary N) is 4. The Morgan fingerprint density at radius 1 is 0.257 bits per heavy atom. The third-order valence-corrected chi connectivity index (χ3v) is 12.2. The van der Waals surface area contributed by atoms with Crippen LogP contribution in [-0.4, -0.2) is 0 Å². The summed E-state index contributed by atoms with van der Waals surface area (Å²) >= 11 is 0. The molecule has 9 aromatic carbocycles. The van der Waals surface area contributed by atoms with E-state index in [1.165, 1.54) is 22.3 Å². The summed E-state index contributed by atoms with van der Waals surface area (Å²) in [5, 5.41) is 14.3. The maximum atomic E-state index is 3.57. The third-order valence-electron chi connectivity index (χ3n) is 12.2. The van der Waals surface area contributed by atoms with Gasteiger partial charge in [-0.15, -0.1) is 0 Å². The Kier molecular flexibility index (Phi) is 16.0. The summed E-state index contributed by atoms with van der Waals surface area (Å²) in [5.74, 6) is 0. The molecule has 70 heavy (non-hydrogen) atoms. The number of hydrogen-bond acceptors (Lipinski definition) is 4. The van der Waals surface area contributed by atoms with Crippen molar-refractivity contribution in [3.63, 3.8) is 0 Å². The van der Waals surface area contributed by atoms with Crippen molar-refractivity contribution in [1.82, 2.24) is 0 Å². The number of rotatable bonds is 20. The molecule has 0 atom stereocenters. The molecule has 4 heteroatoms. The van der Waals surface area contributed by atoms with Gasteiger partial charge in [0.1, 0.15) is 0 Å². The molecule has 4 N–H and O–H groups in total. The van der Waals surface area contributed by atoms with Gasteiger partial charge in [-0.3, -0.25) is 0 Å². The van der Waals surface area contributed by atoms with Crippen LogP contribution in [0.5, 0.6) is 0 Å². The van der Waals surface area contributed by atoms with Crippen LogP contribution in [0.1, 0.15) is 55.6 Å². The summed E-state index contributed by atoms with van der Waals surface area (Å²) in [6, 6.07) is 85.6. The lowest BCUT2D eigenvalue weighted by Gasteiger charge is -2.12. The van der Waals surface area contributed by atoms with E-state index in [2.05, 4.69) is 300 Å². The summed E-state index contributed by atoms with van der Waals surface area (Å²) in [6.45, 7) is 3.11. The van der Waals surface area contributed by atoms with Gasteiger partial charge in [0, 0.05) is 48.9 Å². The largest absolute Gasteiger partial charge is 0.381 e. The number of hydrogen-bond donors (Lipinski definition) is 4. The Bertz CT molecular complexity index is 2710. The first kappa shape index (κ1) is 46.3. The Balaban J connectivity index is 0.904. The first-order valence-electron chi connectivity index (χ1n) is 24.1. The van der Waals surface area contributed by atoms with Gasteiger partial charge in [-0.1, -0.05) is 231 Å². The highest BCUT2D eigenvalue weighted by atomic mass is 14.9. The van der Waals surface area contributed by atoms with Crippen molar-refractivity contribution >= 4 is 46.0 Å². The van der Waals surface area contributed by atoms with Crippen LogP contribution in [0, 0.1) is 0 Å². The molecule has 0 aliphatic carbocycles. The zero-order valence-corrected chi connectivity index (χ0v) is 39.4. The Morgan fingerprint density at radius 2 is 0.486 bits per heavy atom. The molecule has 0 radical (unpaired) electrons. The molecule has 0 aliphatic heterocycles. The van der Waals surface area contributed by atoms with Crippen LogP contribution in [0.3, 0.4) is 0 Å². The molecule has 0 fully saturated rings. The first-order chi connectivity index (χ1) is 34.7. The van der Waals surface area contributed by atoms with E-state index in [0.29, 0.717) is 0 Å². The molecule has 0 aliphatic rings. The average Bonchev–Trinajstić information content (AvgIpc) is 3.43. The van der Waals surface area contributed by atoms with Gasteiger partial charge in [-0.2, -0.15) is 0 Å². The molecule has 0 bridgehead atoms. The summed E-state index contributed by atoms with van der Waals surface area (Å²) in [7, 11) is 0. The van der Waals surface area contributed by atoms with E-state index in [4.69, 9.17) is 0 Å². The molecule has 0 saturated heterocycles. The van der Waals surface area contributed by atoms with Crippen LogP contribution in [-0.2, 0) is 26.2 Å². The maximum absolute atomic E-state index is 3.57. The number of anilines is 4. The normalized spacial score (nSPS) is 11.0. The molecule has 0 aromatic heterocycles. The second kappa shape index (κ2) is 24.2. The predicted octanol–water partition coefficient (Wildman–Crippen LogP) is 16.4. The molecule has 342 valence electrons. The summed E-state index contributed by atoms with van der Waals surface area (Å²) in [6.07, 6.45) is 13.1. The summed E-state index contributed by atoms with van der Waals surface area (Å²) in [5.41, 5.74) is 18.5. The molecular formula is C66H58N4. The second-order valence-electron chi connectivity index (χ2n) is 17.2. The molecule has 9 aromatic rings. The van der Waals surface area contributed by atoms with Crippen molar-refractivity contribution in [3.8, 4) is 0 Å². The minimum absolute atomic E-state index is 0.779. The lowest BCUT2D eigenvalue weighted by molar-refractivity contribution is 1.15. The van der Waals surface area contributed by atoms with Gasteiger partial charge in [-0.05, 0) is 115 Å². The highest BCUT2D eigenvalue weighted by Crippen LogP contribution is 2.29. The first-order valence-corrected chi connectivity index (χ1v) is 24.1. The van der Waals surface area contributed by atoms with Crippen molar-refractivity contribution < 1.29 is 0 Å².